The van der Waals surface area contributed by atoms with Gasteiger partial charge in [-0.2, -0.15) is 5.10 Å². The molecule has 3 aromatic rings. The number of benzene rings is 1. The van der Waals surface area contributed by atoms with Gasteiger partial charge >= 0.3 is 0 Å². The first-order valence-electron chi connectivity index (χ1n) is 6.57. The Hall–Kier alpha value is -2.62. The van der Waals surface area contributed by atoms with Crippen molar-refractivity contribution in [2.45, 2.75) is 13.5 Å². The van der Waals surface area contributed by atoms with Gasteiger partial charge in [0.1, 0.15) is 0 Å². The molecule has 1 N–H and O–H groups in total. The molecule has 0 unspecified atom stereocenters. The minimum Gasteiger partial charge on any atom is -0.381 e. The van der Waals surface area contributed by atoms with Crippen molar-refractivity contribution in [1.29, 1.82) is 0 Å². The van der Waals surface area contributed by atoms with Crippen LogP contribution in [0.4, 0.5) is 5.69 Å². The summed E-state index contributed by atoms with van der Waals surface area (Å²) in [6.07, 6.45) is 5.56. The molecular formula is C16H16N4. The van der Waals surface area contributed by atoms with Crippen LogP contribution in [0.3, 0.4) is 0 Å². The maximum atomic E-state index is 4.30. The minimum atomic E-state index is 0.749. The van der Waals surface area contributed by atoms with E-state index >= 15 is 0 Å². The van der Waals surface area contributed by atoms with Gasteiger partial charge in [-0.3, -0.25) is 4.98 Å². The molecule has 4 heteroatoms. The highest BCUT2D eigenvalue weighted by atomic mass is 15.3. The monoisotopic (exact) mass is 264 g/mol. The van der Waals surface area contributed by atoms with Crippen LogP contribution < -0.4 is 5.32 Å². The summed E-state index contributed by atoms with van der Waals surface area (Å²) in [4.78, 5) is 4.20. The fourth-order valence-corrected chi connectivity index (χ4v) is 2.15. The molecule has 4 nitrogen and oxygen atoms in total. The molecule has 0 spiro atoms. The number of aryl methyl sites for hydroxylation is 1. The Balaban J connectivity index is 1.81. The van der Waals surface area contributed by atoms with Gasteiger partial charge in [-0.05, 0) is 36.8 Å². The summed E-state index contributed by atoms with van der Waals surface area (Å²) in [5.41, 5.74) is 4.38. The fraction of sp³-hybridized carbons (Fsp3) is 0.125. The summed E-state index contributed by atoms with van der Waals surface area (Å²) in [5, 5.41) is 7.72. The fourth-order valence-electron chi connectivity index (χ4n) is 2.15. The highest BCUT2D eigenvalue weighted by molar-refractivity contribution is 5.47. The number of hydrogen-bond donors (Lipinski definition) is 1. The Kier molecular flexibility index (Phi) is 3.46. The van der Waals surface area contributed by atoms with E-state index in [1.807, 2.05) is 54.3 Å². The summed E-state index contributed by atoms with van der Waals surface area (Å²) >= 11 is 0. The van der Waals surface area contributed by atoms with Crippen LogP contribution in [0.1, 0.15) is 11.3 Å². The van der Waals surface area contributed by atoms with Gasteiger partial charge in [-0.15, -0.1) is 0 Å². The summed E-state index contributed by atoms with van der Waals surface area (Å²) in [7, 11) is 0. The van der Waals surface area contributed by atoms with E-state index in [9.17, 15) is 0 Å². The number of pyridine rings is 1. The number of hydrogen-bond acceptors (Lipinski definition) is 3. The van der Waals surface area contributed by atoms with Crippen molar-refractivity contribution in [2.24, 2.45) is 0 Å². The molecule has 2 heterocycles. The Labute approximate surface area is 118 Å². The van der Waals surface area contributed by atoms with E-state index < -0.39 is 0 Å². The molecule has 0 saturated heterocycles. The van der Waals surface area contributed by atoms with E-state index in [2.05, 4.69) is 27.5 Å². The van der Waals surface area contributed by atoms with Crippen molar-refractivity contribution in [3.05, 3.63) is 72.3 Å². The quantitative estimate of drug-likeness (QED) is 0.787. The first-order valence-corrected chi connectivity index (χ1v) is 6.57. The molecule has 0 bridgehead atoms. The van der Waals surface area contributed by atoms with Crippen LogP contribution in [-0.4, -0.2) is 14.8 Å². The van der Waals surface area contributed by atoms with Gasteiger partial charge in [0, 0.05) is 36.5 Å². The predicted molar refractivity (Wildman–Crippen MR) is 79.9 cm³/mol. The van der Waals surface area contributed by atoms with Crippen molar-refractivity contribution in [3.8, 4) is 5.69 Å². The lowest BCUT2D eigenvalue weighted by Gasteiger charge is -2.11. The molecule has 0 aliphatic heterocycles. The Bertz CT molecular complexity index is 689. The van der Waals surface area contributed by atoms with Crippen LogP contribution in [-0.2, 0) is 6.54 Å². The molecule has 0 aliphatic rings. The van der Waals surface area contributed by atoms with Crippen molar-refractivity contribution in [3.63, 3.8) is 0 Å². The van der Waals surface area contributed by atoms with Gasteiger partial charge in [0.05, 0.1) is 5.69 Å². The zero-order valence-corrected chi connectivity index (χ0v) is 11.3. The predicted octanol–water partition coefficient (Wildman–Crippen LogP) is 3.19. The van der Waals surface area contributed by atoms with Gasteiger partial charge in [0.15, 0.2) is 0 Å². The van der Waals surface area contributed by atoms with Crippen molar-refractivity contribution >= 4 is 5.69 Å². The molecule has 20 heavy (non-hydrogen) atoms. The first kappa shape index (κ1) is 12.4. The lowest BCUT2D eigenvalue weighted by atomic mass is 10.1. The molecule has 0 fully saturated rings. The van der Waals surface area contributed by atoms with E-state index in [-0.39, 0.29) is 0 Å². The molecule has 2 aromatic heterocycles. The summed E-state index contributed by atoms with van der Waals surface area (Å²) < 4.78 is 1.88. The lowest BCUT2D eigenvalue weighted by molar-refractivity contribution is 0.864. The van der Waals surface area contributed by atoms with Crippen LogP contribution in [0.15, 0.2) is 61.1 Å². The normalized spacial score (nSPS) is 10.4. The number of nitrogens with one attached hydrogen (secondary N) is 1. The van der Waals surface area contributed by atoms with E-state index in [0.717, 1.165) is 23.6 Å². The highest BCUT2D eigenvalue weighted by Crippen LogP contribution is 2.16. The molecular weight excluding hydrogens is 248 g/mol. The maximum absolute atomic E-state index is 4.30. The molecule has 0 amide bonds. The summed E-state index contributed by atoms with van der Waals surface area (Å²) in [5.74, 6) is 0. The lowest BCUT2D eigenvalue weighted by Crippen LogP contribution is -2.05. The van der Waals surface area contributed by atoms with Gasteiger partial charge < -0.3 is 5.32 Å². The minimum absolute atomic E-state index is 0.749. The van der Waals surface area contributed by atoms with Crippen LogP contribution in [0.25, 0.3) is 5.69 Å². The van der Waals surface area contributed by atoms with E-state index in [0.29, 0.717) is 0 Å². The standard InChI is InChI=1S/C16H16N4/c1-13-11-15(7-9-17-13)18-12-14-5-2-3-6-16(14)20-10-4-8-19-20/h2-11H,12H2,1H3,(H,17,18). The zero-order chi connectivity index (χ0) is 13.8. The Morgan fingerprint density at radius 3 is 2.80 bits per heavy atom. The van der Waals surface area contributed by atoms with Crippen LogP contribution in [0.5, 0.6) is 0 Å². The van der Waals surface area contributed by atoms with Gasteiger partial charge in [-0.25, -0.2) is 4.68 Å². The Morgan fingerprint density at radius 2 is 2.00 bits per heavy atom. The number of para-hydroxylation sites is 1. The molecule has 0 atom stereocenters. The maximum Gasteiger partial charge on any atom is 0.0695 e. The van der Waals surface area contributed by atoms with E-state index in [1.165, 1.54) is 5.56 Å². The van der Waals surface area contributed by atoms with Crippen molar-refractivity contribution in [1.82, 2.24) is 14.8 Å². The number of rotatable bonds is 4. The van der Waals surface area contributed by atoms with Gasteiger partial charge in [-0.1, -0.05) is 18.2 Å². The highest BCUT2D eigenvalue weighted by Gasteiger charge is 2.04. The zero-order valence-electron chi connectivity index (χ0n) is 11.3. The van der Waals surface area contributed by atoms with Gasteiger partial charge in [0.25, 0.3) is 0 Å². The Morgan fingerprint density at radius 1 is 1.10 bits per heavy atom. The molecule has 0 saturated carbocycles. The molecule has 100 valence electrons. The molecule has 0 aliphatic carbocycles. The van der Waals surface area contributed by atoms with Crippen molar-refractivity contribution in [2.75, 3.05) is 5.32 Å². The van der Waals surface area contributed by atoms with Crippen LogP contribution in [0.2, 0.25) is 0 Å². The third-order valence-corrected chi connectivity index (χ3v) is 3.12. The smallest absolute Gasteiger partial charge is 0.0695 e. The van der Waals surface area contributed by atoms with Crippen LogP contribution in [0, 0.1) is 6.92 Å². The van der Waals surface area contributed by atoms with Crippen LogP contribution >= 0.6 is 0 Å². The van der Waals surface area contributed by atoms with E-state index in [1.54, 1.807) is 6.20 Å². The summed E-state index contributed by atoms with van der Waals surface area (Å²) in [6.45, 7) is 2.74. The first-order chi connectivity index (χ1) is 9.83. The topological polar surface area (TPSA) is 42.7 Å². The third-order valence-electron chi connectivity index (χ3n) is 3.12. The number of aromatic nitrogens is 3. The average Bonchev–Trinajstić information content (AvgIpc) is 3.00. The van der Waals surface area contributed by atoms with Gasteiger partial charge in [0.2, 0.25) is 0 Å². The number of anilines is 1. The largest absolute Gasteiger partial charge is 0.381 e. The molecule has 1 aromatic carbocycles. The number of nitrogens with zero attached hydrogens (tertiary/aromatic N) is 3. The van der Waals surface area contributed by atoms with Crippen molar-refractivity contribution < 1.29 is 0 Å². The SMILES string of the molecule is Cc1cc(NCc2ccccc2-n2cccn2)ccn1. The third kappa shape index (κ3) is 2.69. The second-order valence-corrected chi connectivity index (χ2v) is 4.62. The molecule has 3 rings (SSSR count). The second-order valence-electron chi connectivity index (χ2n) is 4.62. The summed E-state index contributed by atoms with van der Waals surface area (Å²) in [6, 6.07) is 14.2. The molecule has 0 radical (unpaired) electrons. The van der Waals surface area contributed by atoms with E-state index in [4.69, 9.17) is 0 Å². The average molecular weight is 264 g/mol. The second kappa shape index (κ2) is 5.57.